The number of carbonyl (C=O) groups excluding carboxylic acids is 2. The van der Waals surface area contributed by atoms with Crippen LogP contribution in [0.15, 0.2) is 28.7 Å². The van der Waals surface area contributed by atoms with Gasteiger partial charge in [0.05, 0.1) is 5.56 Å². The minimum atomic E-state index is -0.465. The molecule has 2 atom stereocenters. The zero-order valence-corrected chi connectivity index (χ0v) is 13.9. The standard InChI is InChI=1S/C16H20BrNO3/c1-11-4-3-5-12(2)18(11)15(19)10-21-16(20)13-6-8-14(17)9-7-13/h6-9,11-12H,3-5,10H2,1-2H3/t11-,12-/m0/s1. The van der Waals surface area contributed by atoms with E-state index in [9.17, 15) is 9.59 Å². The third-order valence-electron chi connectivity index (χ3n) is 3.89. The van der Waals surface area contributed by atoms with Gasteiger partial charge in [0, 0.05) is 16.6 Å². The normalized spacial score (nSPS) is 22.0. The number of likely N-dealkylation sites (tertiary alicyclic amines) is 1. The number of ether oxygens (including phenoxy) is 1. The van der Waals surface area contributed by atoms with Gasteiger partial charge in [-0.2, -0.15) is 0 Å². The van der Waals surface area contributed by atoms with Crippen molar-refractivity contribution >= 4 is 27.8 Å². The first-order chi connectivity index (χ1) is 9.99. The molecule has 21 heavy (non-hydrogen) atoms. The van der Waals surface area contributed by atoms with E-state index in [4.69, 9.17) is 4.74 Å². The summed E-state index contributed by atoms with van der Waals surface area (Å²) < 4.78 is 6.03. The highest BCUT2D eigenvalue weighted by atomic mass is 79.9. The molecule has 0 radical (unpaired) electrons. The number of hydrogen-bond donors (Lipinski definition) is 0. The minimum absolute atomic E-state index is 0.111. The lowest BCUT2D eigenvalue weighted by atomic mass is 9.97. The second kappa shape index (κ2) is 7.07. The van der Waals surface area contributed by atoms with Crippen LogP contribution in [-0.2, 0) is 9.53 Å². The Kier molecular flexibility index (Phi) is 5.39. The maximum atomic E-state index is 12.3. The second-order valence-electron chi connectivity index (χ2n) is 5.51. The van der Waals surface area contributed by atoms with Gasteiger partial charge >= 0.3 is 5.97 Å². The molecule has 1 saturated heterocycles. The summed E-state index contributed by atoms with van der Waals surface area (Å²) in [4.78, 5) is 26.0. The second-order valence-corrected chi connectivity index (χ2v) is 6.43. The van der Waals surface area contributed by atoms with Gasteiger partial charge < -0.3 is 9.64 Å². The summed E-state index contributed by atoms with van der Waals surface area (Å²) in [5.41, 5.74) is 0.450. The number of rotatable bonds is 3. The van der Waals surface area contributed by atoms with E-state index in [2.05, 4.69) is 15.9 Å². The number of carbonyl (C=O) groups is 2. The first-order valence-electron chi connectivity index (χ1n) is 7.23. The molecule has 0 aromatic heterocycles. The molecule has 0 saturated carbocycles. The van der Waals surface area contributed by atoms with Crippen LogP contribution in [0.25, 0.3) is 0 Å². The molecule has 114 valence electrons. The first-order valence-corrected chi connectivity index (χ1v) is 8.02. The van der Waals surface area contributed by atoms with Crippen molar-refractivity contribution in [3.8, 4) is 0 Å². The van der Waals surface area contributed by atoms with E-state index in [1.54, 1.807) is 24.3 Å². The summed E-state index contributed by atoms with van der Waals surface area (Å²) in [7, 11) is 0. The number of piperidine rings is 1. The highest BCUT2D eigenvalue weighted by Crippen LogP contribution is 2.22. The van der Waals surface area contributed by atoms with Crippen LogP contribution in [0.2, 0.25) is 0 Å². The molecular formula is C16H20BrNO3. The Morgan fingerprint density at radius 1 is 1.19 bits per heavy atom. The third-order valence-corrected chi connectivity index (χ3v) is 4.42. The van der Waals surface area contributed by atoms with E-state index in [1.807, 2.05) is 18.7 Å². The summed E-state index contributed by atoms with van der Waals surface area (Å²) in [6.45, 7) is 3.90. The molecule has 1 amide bonds. The molecular weight excluding hydrogens is 334 g/mol. The van der Waals surface area contributed by atoms with Gasteiger partial charge in [-0.15, -0.1) is 0 Å². The SMILES string of the molecule is C[C@H]1CCC[C@H](C)N1C(=O)COC(=O)c1ccc(Br)cc1. The average Bonchev–Trinajstić information content (AvgIpc) is 2.45. The van der Waals surface area contributed by atoms with Gasteiger partial charge in [-0.05, 0) is 57.4 Å². The van der Waals surface area contributed by atoms with E-state index >= 15 is 0 Å². The summed E-state index contributed by atoms with van der Waals surface area (Å²) in [6.07, 6.45) is 3.16. The molecule has 4 nitrogen and oxygen atoms in total. The predicted molar refractivity (Wildman–Crippen MR) is 84.0 cm³/mol. The van der Waals surface area contributed by atoms with E-state index in [-0.39, 0.29) is 24.6 Å². The van der Waals surface area contributed by atoms with Gasteiger partial charge in [0.15, 0.2) is 6.61 Å². The van der Waals surface area contributed by atoms with Crippen LogP contribution in [0.3, 0.4) is 0 Å². The maximum Gasteiger partial charge on any atom is 0.338 e. The van der Waals surface area contributed by atoms with E-state index in [0.29, 0.717) is 5.56 Å². The number of hydrogen-bond acceptors (Lipinski definition) is 3. The van der Waals surface area contributed by atoms with Crippen LogP contribution in [0.5, 0.6) is 0 Å². The van der Waals surface area contributed by atoms with Crippen LogP contribution >= 0.6 is 15.9 Å². The number of esters is 1. The molecule has 0 aliphatic carbocycles. The molecule has 1 aliphatic rings. The van der Waals surface area contributed by atoms with Crippen molar-refractivity contribution in [3.63, 3.8) is 0 Å². The summed E-state index contributed by atoms with van der Waals surface area (Å²) in [5, 5.41) is 0. The largest absolute Gasteiger partial charge is 0.452 e. The fourth-order valence-electron chi connectivity index (χ4n) is 2.78. The van der Waals surface area contributed by atoms with Crippen molar-refractivity contribution in [2.45, 2.75) is 45.2 Å². The van der Waals surface area contributed by atoms with Crippen LogP contribution in [0, 0.1) is 0 Å². The summed E-state index contributed by atoms with van der Waals surface area (Å²) in [6, 6.07) is 7.31. The van der Waals surface area contributed by atoms with Crippen LogP contribution in [0.4, 0.5) is 0 Å². The molecule has 1 aromatic carbocycles. The Morgan fingerprint density at radius 3 is 2.33 bits per heavy atom. The van der Waals surface area contributed by atoms with Crippen molar-refractivity contribution < 1.29 is 14.3 Å². The van der Waals surface area contributed by atoms with Gasteiger partial charge in [-0.25, -0.2) is 4.79 Å². The lowest BCUT2D eigenvalue weighted by Crippen LogP contribution is -2.49. The molecule has 0 bridgehead atoms. The molecule has 1 aliphatic heterocycles. The van der Waals surface area contributed by atoms with E-state index in [1.165, 1.54) is 0 Å². The maximum absolute atomic E-state index is 12.3. The monoisotopic (exact) mass is 353 g/mol. The van der Waals surface area contributed by atoms with Crippen molar-refractivity contribution in [3.05, 3.63) is 34.3 Å². The van der Waals surface area contributed by atoms with Gasteiger partial charge in [-0.1, -0.05) is 15.9 Å². The Labute approximate surface area is 133 Å². The molecule has 1 heterocycles. The van der Waals surface area contributed by atoms with Gasteiger partial charge in [0.1, 0.15) is 0 Å². The predicted octanol–water partition coefficient (Wildman–Crippen LogP) is 3.40. The molecule has 5 heteroatoms. The van der Waals surface area contributed by atoms with Gasteiger partial charge in [-0.3, -0.25) is 4.79 Å². The molecule has 0 unspecified atom stereocenters. The lowest BCUT2D eigenvalue weighted by molar-refractivity contribution is -0.140. The van der Waals surface area contributed by atoms with E-state index < -0.39 is 5.97 Å². The third kappa shape index (κ3) is 4.06. The molecule has 2 rings (SSSR count). The number of halogens is 1. The highest BCUT2D eigenvalue weighted by Gasteiger charge is 2.29. The molecule has 0 N–H and O–H groups in total. The quantitative estimate of drug-likeness (QED) is 0.782. The van der Waals surface area contributed by atoms with Crippen LogP contribution < -0.4 is 0 Å². The van der Waals surface area contributed by atoms with Crippen LogP contribution in [-0.4, -0.2) is 35.5 Å². The number of nitrogens with zero attached hydrogens (tertiary/aromatic N) is 1. The number of benzene rings is 1. The smallest absolute Gasteiger partial charge is 0.338 e. The van der Waals surface area contributed by atoms with Crippen LogP contribution in [0.1, 0.15) is 43.5 Å². The van der Waals surface area contributed by atoms with Gasteiger partial charge in [0.2, 0.25) is 0 Å². The summed E-state index contributed by atoms with van der Waals surface area (Å²) in [5.74, 6) is -0.576. The Bertz CT molecular complexity index is 505. The molecule has 0 spiro atoms. The first kappa shape index (κ1) is 16.0. The molecule has 1 aromatic rings. The van der Waals surface area contributed by atoms with Gasteiger partial charge in [0.25, 0.3) is 5.91 Å². The Hall–Kier alpha value is -1.36. The average molecular weight is 354 g/mol. The highest BCUT2D eigenvalue weighted by molar-refractivity contribution is 9.10. The fraction of sp³-hybridized carbons (Fsp3) is 0.500. The van der Waals surface area contributed by atoms with Crippen molar-refractivity contribution in [2.24, 2.45) is 0 Å². The lowest BCUT2D eigenvalue weighted by Gasteiger charge is -2.38. The zero-order chi connectivity index (χ0) is 15.4. The Balaban J connectivity index is 1.91. The minimum Gasteiger partial charge on any atom is -0.452 e. The number of amides is 1. The van der Waals surface area contributed by atoms with Crippen molar-refractivity contribution in [2.75, 3.05) is 6.61 Å². The zero-order valence-electron chi connectivity index (χ0n) is 12.3. The van der Waals surface area contributed by atoms with Crippen molar-refractivity contribution in [1.82, 2.24) is 4.90 Å². The fourth-order valence-corrected chi connectivity index (χ4v) is 3.05. The van der Waals surface area contributed by atoms with E-state index in [0.717, 1.165) is 23.7 Å². The Morgan fingerprint density at radius 2 is 1.76 bits per heavy atom. The topological polar surface area (TPSA) is 46.6 Å². The summed E-state index contributed by atoms with van der Waals surface area (Å²) >= 11 is 3.31. The molecule has 1 fully saturated rings. The van der Waals surface area contributed by atoms with Crippen molar-refractivity contribution in [1.29, 1.82) is 0 Å².